The van der Waals surface area contributed by atoms with Crippen molar-refractivity contribution in [2.45, 2.75) is 30.8 Å². The van der Waals surface area contributed by atoms with Gasteiger partial charge in [-0.05, 0) is 43.7 Å². The van der Waals surface area contributed by atoms with Crippen LogP contribution in [-0.2, 0) is 11.3 Å². The molecule has 0 aliphatic heterocycles. The standard InChI is InChI=1S/C22H25ClN4O2S/c1-16(21(28)26(3)13-14-29-20-11-9-19(23)10-12-20)30-22-25-24-17(2)27(22)15-18-7-5-4-6-8-18/h4-12,16H,13-15H2,1-3H3. The summed E-state index contributed by atoms with van der Waals surface area (Å²) in [7, 11) is 1.78. The normalized spacial score (nSPS) is 11.9. The van der Waals surface area contributed by atoms with Gasteiger partial charge in [0.1, 0.15) is 18.2 Å². The summed E-state index contributed by atoms with van der Waals surface area (Å²) < 4.78 is 7.72. The summed E-state index contributed by atoms with van der Waals surface area (Å²) in [5.74, 6) is 1.57. The molecule has 0 N–H and O–H groups in total. The van der Waals surface area contributed by atoms with Crippen molar-refractivity contribution in [1.82, 2.24) is 19.7 Å². The van der Waals surface area contributed by atoms with Crippen LogP contribution in [0.1, 0.15) is 18.3 Å². The van der Waals surface area contributed by atoms with Crippen LogP contribution in [0.15, 0.2) is 59.8 Å². The Labute approximate surface area is 186 Å². The fourth-order valence-electron chi connectivity index (χ4n) is 2.86. The molecule has 0 aliphatic rings. The number of likely N-dealkylation sites (N-methyl/N-ethyl adjacent to an activating group) is 1. The van der Waals surface area contributed by atoms with Gasteiger partial charge in [0.2, 0.25) is 5.91 Å². The second kappa shape index (κ2) is 10.5. The number of carbonyl (C=O) groups is 1. The zero-order valence-corrected chi connectivity index (χ0v) is 18.9. The topological polar surface area (TPSA) is 60.3 Å². The lowest BCUT2D eigenvalue weighted by atomic mass is 10.2. The zero-order chi connectivity index (χ0) is 21.5. The Kier molecular flexibility index (Phi) is 7.76. The molecule has 0 radical (unpaired) electrons. The van der Waals surface area contributed by atoms with E-state index in [4.69, 9.17) is 16.3 Å². The summed E-state index contributed by atoms with van der Waals surface area (Å²) in [5.41, 5.74) is 1.16. The molecule has 0 fully saturated rings. The third-order valence-corrected chi connectivity index (χ3v) is 5.92. The first kappa shape index (κ1) is 22.2. The van der Waals surface area contributed by atoms with Gasteiger partial charge >= 0.3 is 0 Å². The molecule has 3 rings (SSSR count). The lowest BCUT2D eigenvalue weighted by Gasteiger charge is -2.21. The molecular weight excluding hydrogens is 420 g/mol. The van der Waals surface area contributed by atoms with Gasteiger partial charge in [-0.3, -0.25) is 4.79 Å². The van der Waals surface area contributed by atoms with Crippen LogP contribution in [0.3, 0.4) is 0 Å². The zero-order valence-electron chi connectivity index (χ0n) is 17.3. The molecule has 158 valence electrons. The lowest BCUT2D eigenvalue weighted by molar-refractivity contribution is -0.129. The van der Waals surface area contributed by atoms with E-state index in [9.17, 15) is 4.79 Å². The third kappa shape index (κ3) is 6.00. The van der Waals surface area contributed by atoms with Crippen LogP contribution in [0.2, 0.25) is 5.02 Å². The predicted octanol–water partition coefficient (Wildman–Crippen LogP) is 4.31. The van der Waals surface area contributed by atoms with Crippen LogP contribution in [0.5, 0.6) is 5.75 Å². The van der Waals surface area contributed by atoms with E-state index in [0.29, 0.717) is 24.7 Å². The molecule has 1 unspecified atom stereocenters. The van der Waals surface area contributed by atoms with Crippen LogP contribution in [0.25, 0.3) is 0 Å². The summed E-state index contributed by atoms with van der Waals surface area (Å²) in [5, 5.41) is 9.58. The Hall–Kier alpha value is -2.51. The van der Waals surface area contributed by atoms with Gasteiger partial charge in [-0.1, -0.05) is 53.7 Å². The summed E-state index contributed by atoms with van der Waals surface area (Å²) in [6.45, 7) is 5.38. The minimum Gasteiger partial charge on any atom is -0.492 e. The van der Waals surface area contributed by atoms with Crippen LogP contribution in [0.4, 0.5) is 0 Å². The van der Waals surface area contributed by atoms with Gasteiger partial charge in [0, 0.05) is 12.1 Å². The molecule has 6 nitrogen and oxygen atoms in total. The number of benzene rings is 2. The Morgan fingerprint density at radius 2 is 1.87 bits per heavy atom. The highest BCUT2D eigenvalue weighted by Gasteiger charge is 2.22. The van der Waals surface area contributed by atoms with Crippen molar-refractivity contribution in [3.63, 3.8) is 0 Å². The molecule has 3 aromatic rings. The van der Waals surface area contributed by atoms with Crippen molar-refractivity contribution >= 4 is 29.3 Å². The van der Waals surface area contributed by atoms with Gasteiger partial charge in [-0.15, -0.1) is 10.2 Å². The molecule has 1 heterocycles. The van der Waals surface area contributed by atoms with Crippen molar-refractivity contribution in [2.24, 2.45) is 0 Å². The summed E-state index contributed by atoms with van der Waals surface area (Å²) >= 11 is 7.30. The van der Waals surface area contributed by atoms with Gasteiger partial charge < -0.3 is 14.2 Å². The molecular formula is C22H25ClN4O2S. The van der Waals surface area contributed by atoms with Gasteiger partial charge in [-0.25, -0.2) is 0 Å². The quantitative estimate of drug-likeness (QED) is 0.460. The number of amides is 1. The number of rotatable bonds is 9. The number of thioether (sulfide) groups is 1. The van der Waals surface area contributed by atoms with Gasteiger partial charge in [-0.2, -0.15) is 0 Å². The number of hydrogen-bond acceptors (Lipinski definition) is 5. The highest BCUT2D eigenvalue weighted by molar-refractivity contribution is 8.00. The van der Waals surface area contributed by atoms with Gasteiger partial charge in [0.05, 0.1) is 18.3 Å². The Balaban J connectivity index is 1.54. The van der Waals surface area contributed by atoms with Crippen LogP contribution in [0, 0.1) is 6.92 Å². The van der Waals surface area contributed by atoms with Crippen molar-refractivity contribution in [3.05, 3.63) is 71.0 Å². The van der Waals surface area contributed by atoms with E-state index in [1.807, 2.05) is 48.7 Å². The second-order valence-corrected chi connectivity index (χ2v) is 8.67. The highest BCUT2D eigenvalue weighted by atomic mass is 35.5. The van der Waals surface area contributed by atoms with E-state index in [1.165, 1.54) is 11.8 Å². The minimum absolute atomic E-state index is 0.0200. The van der Waals surface area contributed by atoms with E-state index < -0.39 is 0 Å². The maximum Gasteiger partial charge on any atom is 0.235 e. The summed E-state index contributed by atoms with van der Waals surface area (Å²) in [6.07, 6.45) is 0. The first-order chi connectivity index (χ1) is 14.4. The number of ether oxygens (including phenoxy) is 1. The van der Waals surface area contributed by atoms with E-state index in [-0.39, 0.29) is 11.2 Å². The van der Waals surface area contributed by atoms with Crippen LogP contribution >= 0.6 is 23.4 Å². The van der Waals surface area contributed by atoms with Crippen molar-refractivity contribution in [3.8, 4) is 5.75 Å². The number of carbonyl (C=O) groups excluding carboxylic acids is 1. The first-order valence-corrected chi connectivity index (χ1v) is 10.9. The Morgan fingerprint density at radius 1 is 1.17 bits per heavy atom. The van der Waals surface area contributed by atoms with Gasteiger partial charge in [0.25, 0.3) is 0 Å². The van der Waals surface area contributed by atoms with E-state index in [1.54, 1.807) is 24.1 Å². The number of aryl methyl sites for hydroxylation is 1. The molecule has 1 aromatic heterocycles. The molecule has 30 heavy (non-hydrogen) atoms. The van der Waals surface area contributed by atoms with E-state index in [2.05, 4.69) is 22.3 Å². The molecule has 1 amide bonds. The first-order valence-electron chi connectivity index (χ1n) is 9.68. The van der Waals surface area contributed by atoms with E-state index in [0.717, 1.165) is 22.3 Å². The van der Waals surface area contributed by atoms with Crippen molar-refractivity contribution in [2.75, 3.05) is 20.2 Å². The molecule has 0 saturated heterocycles. The van der Waals surface area contributed by atoms with Crippen LogP contribution in [-0.4, -0.2) is 51.0 Å². The molecule has 2 aromatic carbocycles. The molecule has 0 saturated carbocycles. The molecule has 1 atom stereocenters. The van der Waals surface area contributed by atoms with Gasteiger partial charge in [0.15, 0.2) is 5.16 Å². The maximum atomic E-state index is 12.8. The average Bonchev–Trinajstić information content (AvgIpc) is 3.08. The Morgan fingerprint density at radius 3 is 2.57 bits per heavy atom. The largest absolute Gasteiger partial charge is 0.492 e. The third-order valence-electron chi connectivity index (χ3n) is 4.60. The molecule has 0 spiro atoms. The predicted molar refractivity (Wildman–Crippen MR) is 120 cm³/mol. The number of aromatic nitrogens is 3. The number of nitrogens with zero attached hydrogens (tertiary/aromatic N) is 4. The average molecular weight is 445 g/mol. The summed E-state index contributed by atoms with van der Waals surface area (Å²) in [6, 6.07) is 17.3. The summed E-state index contributed by atoms with van der Waals surface area (Å²) in [4.78, 5) is 14.5. The van der Waals surface area contributed by atoms with Crippen molar-refractivity contribution in [1.29, 1.82) is 0 Å². The minimum atomic E-state index is -0.288. The number of hydrogen-bond donors (Lipinski definition) is 0. The monoisotopic (exact) mass is 444 g/mol. The highest BCUT2D eigenvalue weighted by Crippen LogP contribution is 2.24. The fraction of sp³-hybridized carbons (Fsp3) is 0.318. The fourth-order valence-corrected chi connectivity index (χ4v) is 3.99. The van der Waals surface area contributed by atoms with E-state index >= 15 is 0 Å². The lowest BCUT2D eigenvalue weighted by Crippen LogP contribution is -2.36. The smallest absolute Gasteiger partial charge is 0.235 e. The molecule has 0 bridgehead atoms. The second-order valence-electron chi connectivity index (χ2n) is 6.92. The number of halogens is 1. The molecule has 0 aliphatic carbocycles. The maximum absolute atomic E-state index is 12.8. The molecule has 8 heteroatoms. The Bertz CT molecular complexity index is 963. The van der Waals surface area contributed by atoms with Crippen molar-refractivity contribution < 1.29 is 9.53 Å². The SMILES string of the molecule is Cc1nnc(SC(C)C(=O)N(C)CCOc2ccc(Cl)cc2)n1Cc1ccccc1. The van der Waals surface area contributed by atoms with Crippen LogP contribution < -0.4 is 4.74 Å².